The van der Waals surface area contributed by atoms with Crippen LogP contribution in [-0.4, -0.2) is 16.7 Å². The summed E-state index contributed by atoms with van der Waals surface area (Å²) in [5, 5.41) is 16.2. The number of nitrogens with zero attached hydrogens (tertiary/aromatic N) is 1. The molecule has 2 amide bonds. The Morgan fingerprint density at radius 3 is 2.32 bits per heavy atom. The highest BCUT2D eigenvalue weighted by atomic mass is 35.5. The van der Waals surface area contributed by atoms with Gasteiger partial charge in [-0.05, 0) is 29.8 Å². The van der Waals surface area contributed by atoms with E-state index in [1.54, 1.807) is 29.6 Å². The van der Waals surface area contributed by atoms with Crippen molar-refractivity contribution in [3.05, 3.63) is 79.1 Å². The number of rotatable bonds is 5. The predicted octanol–water partition coefficient (Wildman–Crippen LogP) is 4.98. The Morgan fingerprint density at radius 2 is 1.71 bits per heavy atom. The summed E-state index contributed by atoms with van der Waals surface area (Å²) in [7, 11) is 0. The molecule has 1 heterocycles. The zero-order chi connectivity index (χ0) is 20.4. The summed E-state index contributed by atoms with van der Waals surface area (Å²) in [4.78, 5) is 35.1. The number of thiophene rings is 1. The zero-order valence-electron chi connectivity index (χ0n) is 13.9. The van der Waals surface area contributed by atoms with E-state index >= 15 is 0 Å². The fraction of sp³-hybridized carbons (Fsp3) is 0. The number of hydrogen-bond acceptors (Lipinski definition) is 5. The normalized spacial score (nSPS) is 10.5. The van der Waals surface area contributed by atoms with Gasteiger partial charge in [0, 0.05) is 27.1 Å². The highest BCUT2D eigenvalue weighted by Gasteiger charge is 2.24. The van der Waals surface area contributed by atoms with E-state index in [-0.39, 0.29) is 21.2 Å². The second kappa shape index (κ2) is 7.97. The molecule has 7 nitrogen and oxygen atoms in total. The minimum atomic E-state index is -0.777. The third kappa shape index (κ3) is 3.99. The highest BCUT2D eigenvalue weighted by molar-refractivity contribution is 7.15. The van der Waals surface area contributed by atoms with Crippen LogP contribution in [0.1, 0.15) is 20.7 Å². The monoisotopic (exact) mass is 435 g/mol. The largest absolute Gasteiger partial charge is 0.365 e. The van der Waals surface area contributed by atoms with Crippen molar-refractivity contribution in [3.63, 3.8) is 0 Å². The molecule has 0 bridgehead atoms. The van der Waals surface area contributed by atoms with Crippen LogP contribution in [0.2, 0.25) is 10.0 Å². The number of amides is 2. The molecule has 0 saturated carbocycles. The van der Waals surface area contributed by atoms with E-state index in [0.29, 0.717) is 16.1 Å². The van der Waals surface area contributed by atoms with E-state index in [1.165, 1.54) is 12.1 Å². The first-order chi connectivity index (χ1) is 13.3. The summed E-state index contributed by atoms with van der Waals surface area (Å²) in [6, 6.07) is 10.4. The minimum absolute atomic E-state index is 0.102. The van der Waals surface area contributed by atoms with E-state index in [1.807, 2.05) is 0 Å². The fourth-order valence-electron chi connectivity index (χ4n) is 2.56. The standard InChI is InChI=1S/C18H11Cl2N3O4S/c19-10-3-1-9(2-4-10)13-8-28-18(15(13)16(21)24)22-17(25)12-7-11(20)5-6-14(12)23(26)27/h1-8H,(H2,21,24)(H,22,25). The molecule has 0 saturated heterocycles. The third-order valence-corrected chi connectivity index (χ3v) is 5.20. The summed E-state index contributed by atoms with van der Waals surface area (Å²) >= 11 is 12.8. The van der Waals surface area contributed by atoms with Gasteiger partial charge in [0.25, 0.3) is 17.5 Å². The number of nitrogens with two attached hydrogens (primary N) is 1. The van der Waals surface area contributed by atoms with Crippen LogP contribution in [0.25, 0.3) is 11.1 Å². The smallest absolute Gasteiger partial charge is 0.282 e. The summed E-state index contributed by atoms with van der Waals surface area (Å²) in [5.74, 6) is -1.52. The van der Waals surface area contributed by atoms with Gasteiger partial charge in [-0.25, -0.2) is 0 Å². The van der Waals surface area contributed by atoms with E-state index in [0.717, 1.165) is 17.4 Å². The van der Waals surface area contributed by atoms with Gasteiger partial charge < -0.3 is 11.1 Å². The van der Waals surface area contributed by atoms with Crippen molar-refractivity contribution in [2.75, 3.05) is 5.32 Å². The third-order valence-electron chi connectivity index (χ3n) is 3.82. The molecule has 3 aromatic rings. The molecule has 0 spiro atoms. The van der Waals surface area contributed by atoms with Gasteiger partial charge in [-0.15, -0.1) is 11.3 Å². The average molecular weight is 436 g/mol. The van der Waals surface area contributed by atoms with Crippen molar-refractivity contribution in [2.45, 2.75) is 0 Å². The van der Waals surface area contributed by atoms with Crippen molar-refractivity contribution < 1.29 is 14.5 Å². The molecular formula is C18H11Cl2N3O4S. The summed E-state index contributed by atoms with van der Waals surface area (Å²) in [6.07, 6.45) is 0. The van der Waals surface area contributed by atoms with E-state index < -0.39 is 22.4 Å². The summed E-state index contributed by atoms with van der Waals surface area (Å²) in [6.45, 7) is 0. The van der Waals surface area contributed by atoms with E-state index in [4.69, 9.17) is 28.9 Å². The van der Waals surface area contributed by atoms with Crippen molar-refractivity contribution in [3.8, 4) is 11.1 Å². The van der Waals surface area contributed by atoms with Crippen LogP contribution in [-0.2, 0) is 0 Å². The predicted molar refractivity (Wildman–Crippen MR) is 109 cm³/mol. The maximum absolute atomic E-state index is 12.6. The average Bonchev–Trinajstić information content (AvgIpc) is 3.05. The van der Waals surface area contributed by atoms with Crippen molar-refractivity contribution >= 4 is 57.0 Å². The van der Waals surface area contributed by atoms with Gasteiger partial charge in [0.05, 0.1) is 10.5 Å². The molecule has 0 radical (unpaired) electrons. The highest BCUT2D eigenvalue weighted by Crippen LogP contribution is 2.36. The molecule has 3 N–H and O–H groups in total. The van der Waals surface area contributed by atoms with Crippen molar-refractivity contribution in [1.82, 2.24) is 0 Å². The van der Waals surface area contributed by atoms with Gasteiger partial charge in [-0.3, -0.25) is 19.7 Å². The number of anilines is 1. The number of primary amides is 1. The Labute approximate surface area is 172 Å². The number of benzene rings is 2. The number of nitro groups is 1. The van der Waals surface area contributed by atoms with Gasteiger partial charge in [0.2, 0.25) is 0 Å². The number of nitrogens with one attached hydrogen (secondary N) is 1. The molecular weight excluding hydrogens is 425 g/mol. The molecule has 10 heteroatoms. The Balaban J connectivity index is 2.01. The first-order valence-corrected chi connectivity index (χ1v) is 9.34. The molecule has 0 fully saturated rings. The lowest BCUT2D eigenvalue weighted by Crippen LogP contribution is -2.18. The number of halogens is 2. The van der Waals surface area contributed by atoms with Gasteiger partial charge in [-0.1, -0.05) is 35.3 Å². The molecule has 1 aromatic heterocycles. The maximum atomic E-state index is 12.6. The van der Waals surface area contributed by atoms with Gasteiger partial charge >= 0.3 is 0 Å². The molecule has 3 rings (SSSR count). The molecule has 0 atom stereocenters. The van der Waals surface area contributed by atoms with Crippen LogP contribution in [0.5, 0.6) is 0 Å². The van der Waals surface area contributed by atoms with Crippen LogP contribution in [0, 0.1) is 10.1 Å². The second-order valence-corrected chi connectivity index (χ2v) is 7.35. The van der Waals surface area contributed by atoms with Crippen molar-refractivity contribution in [1.29, 1.82) is 0 Å². The first kappa shape index (κ1) is 19.8. The second-order valence-electron chi connectivity index (χ2n) is 5.60. The van der Waals surface area contributed by atoms with Crippen LogP contribution >= 0.6 is 34.5 Å². The summed E-state index contributed by atoms with van der Waals surface area (Å²) < 4.78 is 0. The molecule has 0 aliphatic rings. The topological polar surface area (TPSA) is 115 Å². The van der Waals surface area contributed by atoms with Crippen molar-refractivity contribution in [2.24, 2.45) is 5.73 Å². The quantitative estimate of drug-likeness (QED) is 0.433. The Morgan fingerprint density at radius 1 is 1.07 bits per heavy atom. The van der Waals surface area contributed by atoms with Gasteiger partial charge in [0.1, 0.15) is 10.6 Å². The van der Waals surface area contributed by atoms with Gasteiger partial charge in [-0.2, -0.15) is 0 Å². The van der Waals surface area contributed by atoms with Gasteiger partial charge in [0.15, 0.2) is 0 Å². The molecule has 0 unspecified atom stereocenters. The fourth-order valence-corrected chi connectivity index (χ4v) is 3.82. The summed E-state index contributed by atoms with van der Waals surface area (Å²) in [5.41, 5.74) is 6.18. The lowest BCUT2D eigenvalue weighted by molar-refractivity contribution is -0.385. The van der Waals surface area contributed by atoms with E-state index in [2.05, 4.69) is 5.32 Å². The van der Waals surface area contributed by atoms with E-state index in [9.17, 15) is 19.7 Å². The zero-order valence-corrected chi connectivity index (χ0v) is 16.3. The van der Waals surface area contributed by atoms with Crippen LogP contribution < -0.4 is 11.1 Å². The maximum Gasteiger partial charge on any atom is 0.282 e. The number of carbonyl (C=O) groups is 2. The molecule has 28 heavy (non-hydrogen) atoms. The number of nitro benzene ring substituents is 1. The van der Waals surface area contributed by atoms with Crippen LogP contribution in [0.15, 0.2) is 47.8 Å². The lowest BCUT2D eigenvalue weighted by atomic mass is 10.0. The molecule has 2 aromatic carbocycles. The molecule has 0 aliphatic heterocycles. The SMILES string of the molecule is NC(=O)c1c(-c2ccc(Cl)cc2)csc1NC(=O)c1cc(Cl)ccc1[N+](=O)[O-]. The minimum Gasteiger partial charge on any atom is -0.365 e. The molecule has 0 aliphatic carbocycles. The number of carbonyl (C=O) groups excluding carboxylic acids is 2. The lowest BCUT2D eigenvalue weighted by Gasteiger charge is -2.07. The Kier molecular flexibility index (Phi) is 5.64. The Hall–Kier alpha value is -2.94. The van der Waals surface area contributed by atoms with Crippen LogP contribution in [0.3, 0.4) is 0 Å². The molecule has 142 valence electrons. The first-order valence-electron chi connectivity index (χ1n) is 7.70. The van der Waals surface area contributed by atoms with Crippen LogP contribution in [0.4, 0.5) is 10.7 Å². The number of hydrogen-bond donors (Lipinski definition) is 2. The Bertz CT molecular complexity index is 1100.